The molecular formula is C14H26O7. The summed E-state index contributed by atoms with van der Waals surface area (Å²) in [5.41, 5.74) is 0. The molecule has 0 amide bonds. The molecule has 0 bridgehead atoms. The van der Waals surface area contributed by atoms with Gasteiger partial charge in [-0.3, -0.25) is 4.79 Å². The van der Waals surface area contributed by atoms with E-state index in [9.17, 15) is 25.2 Å². The summed E-state index contributed by atoms with van der Waals surface area (Å²) in [6, 6.07) is 0. The Hall–Kier alpha value is -0.730. The Morgan fingerprint density at radius 3 is 2.33 bits per heavy atom. The van der Waals surface area contributed by atoms with Crippen molar-refractivity contribution in [2.75, 3.05) is 6.61 Å². The molecule has 0 aromatic heterocycles. The Morgan fingerprint density at radius 1 is 1.00 bits per heavy atom. The number of carbonyl (C=O) groups excluding carboxylic acids is 1. The van der Waals surface area contributed by atoms with E-state index in [0.29, 0.717) is 6.42 Å². The standard InChI is InChI=1S/C14H26O7/c1-2-3-4-5-6-7-10(15)20-8-9-11(16)12(17)13(18)14(19)21-9/h9,11-14,16-19H,2-8H2,1H3/t9-,11-,12-,13-,14?/m1/s1. The van der Waals surface area contributed by atoms with Crippen LogP contribution in [0.25, 0.3) is 0 Å². The lowest BCUT2D eigenvalue weighted by Crippen LogP contribution is -2.58. The van der Waals surface area contributed by atoms with E-state index in [1.807, 2.05) is 0 Å². The normalized spacial score (nSPS) is 32.9. The fourth-order valence-electron chi connectivity index (χ4n) is 2.19. The second-order valence-electron chi connectivity index (χ2n) is 5.38. The number of aliphatic hydroxyl groups is 4. The molecule has 21 heavy (non-hydrogen) atoms. The fraction of sp³-hybridized carbons (Fsp3) is 0.929. The van der Waals surface area contributed by atoms with Gasteiger partial charge in [-0.15, -0.1) is 0 Å². The van der Waals surface area contributed by atoms with Crippen LogP contribution in [0.3, 0.4) is 0 Å². The third-order valence-electron chi connectivity index (χ3n) is 3.58. The maximum absolute atomic E-state index is 11.5. The average molecular weight is 306 g/mol. The van der Waals surface area contributed by atoms with Gasteiger partial charge in [-0.1, -0.05) is 32.6 Å². The maximum Gasteiger partial charge on any atom is 0.305 e. The SMILES string of the molecule is CCCCCCCC(=O)OC[C@H]1OC(O)[C@H](O)[C@H](O)[C@@H]1O. The van der Waals surface area contributed by atoms with Crippen molar-refractivity contribution in [3.63, 3.8) is 0 Å². The van der Waals surface area contributed by atoms with E-state index in [2.05, 4.69) is 6.92 Å². The second-order valence-corrected chi connectivity index (χ2v) is 5.38. The lowest BCUT2D eigenvalue weighted by Gasteiger charge is -2.37. The summed E-state index contributed by atoms with van der Waals surface area (Å²) in [5, 5.41) is 37.8. The molecule has 0 aromatic carbocycles. The Kier molecular flexibility index (Phi) is 8.13. The minimum absolute atomic E-state index is 0.268. The second kappa shape index (κ2) is 9.32. The topological polar surface area (TPSA) is 116 Å². The van der Waals surface area contributed by atoms with Gasteiger partial charge in [0, 0.05) is 6.42 Å². The van der Waals surface area contributed by atoms with Gasteiger partial charge in [-0.2, -0.15) is 0 Å². The van der Waals surface area contributed by atoms with Crippen LogP contribution < -0.4 is 0 Å². The summed E-state index contributed by atoms with van der Waals surface area (Å²) < 4.78 is 9.87. The van der Waals surface area contributed by atoms with E-state index in [1.54, 1.807) is 0 Å². The van der Waals surface area contributed by atoms with Crippen LogP contribution in [0.1, 0.15) is 45.4 Å². The van der Waals surface area contributed by atoms with Gasteiger partial charge in [0.2, 0.25) is 0 Å². The smallest absolute Gasteiger partial charge is 0.305 e. The number of rotatable bonds is 8. The van der Waals surface area contributed by atoms with Gasteiger partial charge in [-0.05, 0) is 6.42 Å². The van der Waals surface area contributed by atoms with Gasteiger partial charge >= 0.3 is 5.97 Å². The summed E-state index contributed by atoms with van der Waals surface area (Å²) in [5.74, 6) is -0.405. The molecule has 4 N–H and O–H groups in total. The van der Waals surface area contributed by atoms with Crippen molar-refractivity contribution in [3.05, 3.63) is 0 Å². The van der Waals surface area contributed by atoms with E-state index in [0.717, 1.165) is 32.1 Å². The number of aliphatic hydroxyl groups excluding tert-OH is 4. The Labute approximate surface area is 124 Å². The monoisotopic (exact) mass is 306 g/mol. The van der Waals surface area contributed by atoms with Gasteiger partial charge in [0.1, 0.15) is 31.0 Å². The largest absolute Gasteiger partial charge is 0.463 e. The van der Waals surface area contributed by atoms with Gasteiger partial charge in [0.05, 0.1) is 0 Å². The summed E-state index contributed by atoms with van der Waals surface area (Å²) in [6.07, 6.45) is -1.81. The first-order chi connectivity index (χ1) is 9.97. The molecule has 0 radical (unpaired) electrons. The molecule has 124 valence electrons. The first-order valence-electron chi connectivity index (χ1n) is 7.50. The highest BCUT2D eigenvalue weighted by atomic mass is 16.6. The van der Waals surface area contributed by atoms with Crippen molar-refractivity contribution in [1.29, 1.82) is 0 Å². The Balaban J connectivity index is 2.23. The van der Waals surface area contributed by atoms with Crippen molar-refractivity contribution >= 4 is 5.97 Å². The molecule has 1 fully saturated rings. The number of hydrogen-bond acceptors (Lipinski definition) is 7. The molecule has 0 aliphatic carbocycles. The van der Waals surface area contributed by atoms with E-state index in [4.69, 9.17) is 9.47 Å². The average Bonchev–Trinajstić information content (AvgIpc) is 2.47. The molecule has 0 saturated carbocycles. The highest BCUT2D eigenvalue weighted by Gasteiger charge is 2.43. The van der Waals surface area contributed by atoms with E-state index >= 15 is 0 Å². The number of unbranched alkanes of at least 4 members (excludes halogenated alkanes) is 4. The Bertz CT molecular complexity index is 310. The lowest BCUT2D eigenvalue weighted by molar-refractivity contribution is -0.287. The highest BCUT2D eigenvalue weighted by molar-refractivity contribution is 5.69. The molecular weight excluding hydrogens is 280 g/mol. The number of ether oxygens (including phenoxy) is 2. The van der Waals surface area contributed by atoms with Crippen molar-refractivity contribution in [2.45, 2.75) is 76.2 Å². The van der Waals surface area contributed by atoms with E-state index in [1.165, 1.54) is 0 Å². The van der Waals surface area contributed by atoms with Crippen LogP contribution in [-0.4, -0.2) is 63.7 Å². The summed E-state index contributed by atoms with van der Waals surface area (Å²) in [4.78, 5) is 11.5. The molecule has 0 aromatic rings. The quantitative estimate of drug-likeness (QED) is 0.359. The molecule has 1 saturated heterocycles. The van der Waals surface area contributed by atoms with Crippen molar-refractivity contribution in [1.82, 2.24) is 0 Å². The van der Waals surface area contributed by atoms with Crippen LogP contribution >= 0.6 is 0 Å². The zero-order chi connectivity index (χ0) is 15.8. The molecule has 1 heterocycles. The fourth-order valence-corrected chi connectivity index (χ4v) is 2.19. The van der Waals surface area contributed by atoms with Gasteiger partial charge in [-0.25, -0.2) is 0 Å². The summed E-state index contributed by atoms with van der Waals surface area (Å²) in [7, 11) is 0. The van der Waals surface area contributed by atoms with Gasteiger partial charge < -0.3 is 29.9 Å². The zero-order valence-electron chi connectivity index (χ0n) is 12.4. The number of esters is 1. The zero-order valence-corrected chi connectivity index (χ0v) is 12.4. The molecule has 5 atom stereocenters. The maximum atomic E-state index is 11.5. The van der Waals surface area contributed by atoms with E-state index in [-0.39, 0.29) is 6.61 Å². The third-order valence-corrected chi connectivity index (χ3v) is 3.58. The van der Waals surface area contributed by atoms with Crippen molar-refractivity contribution in [2.24, 2.45) is 0 Å². The number of carbonyl (C=O) groups is 1. The summed E-state index contributed by atoms with van der Waals surface area (Å²) >= 11 is 0. The van der Waals surface area contributed by atoms with Crippen LogP contribution in [0, 0.1) is 0 Å². The van der Waals surface area contributed by atoms with Crippen LogP contribution in [0.15, 0.2) is 0 Å². The van der Waals surface area contributed by atoms with Crippen LogP contribution in [0.5, 0.6) is 0 Å². The molecule has 1 aliphatic rings. The van der Waals surface area contributed by atoms with Gasteiger partial charge in [0.25, 0.3) is 0 Å². The van der Waals surface area contributed by atoms with Crippen molar-refractivity contribution in [3.8, 4) is 0 Å². The Morgan fingerprint density at radius 2 is 1.67 bits per heavy atom. The molecule has 0 spiro atoms. The number of hydrogen-bond donors (Lipinski definition) is 4. The third kappa shape index (κ3) is 5.88. The molecule has 7 nitrogen and oxygen atoms in total. The summed E-state index contributed by atoms with van der Waals surface area (Å²) in [6.45, 7) is 1.85. The van der Waals surface area contributed by atoms with Crippen LogP contribution in [0.2, 0.25) is 0 Å². The lowest BCUT2D eigenvalue weighted by atomic mass is 9.99. The molecule has 1 aliphatic heterocycles. The highest BCUT2D eigenvalue weighted by Crippen LogP contribution is 2.20. The minimum atomic E-state index is -1.61. The van der Waals surface area contributed by atoms with Crippen LogP contribution in [-0.2, 0) is 14.3 Å². The molecule has 1 rings (SSSR count). The predicted octanol–water partition coefficient (Wildman–Crippen LogP) is -0.310. The first kappa shape index (κ1) is 18.3. The first-order valence-corrected chi connectivity index (χ1v) is 7.50. The van der Waals surface area contributed by atoms with Crippen molar-refractivity contribution < 1.29 is 34.7 Å². The van der Waals surface area contributed by atoms with E-state index < -0.39 is 36.7 Å². The van der Waals surface area contributed by atoms with Gasteiger partial charge in [0.15, 0.2) is 6.29 Å². The molecule has 7 heteroatoms. The van der Waals surface area contributed by atoms with Crippen LogP contribution in [0.4, 0.5) is 0 Å². The predicted molar refractivity (Wildman–Crippen MR) is 73.2 cm³/mol. The molecule has 1 unspecified atom stereocenters. The minimum Gasteiger partial charge on any atom is -0.463 e.